The third kappa shape index (κ3) is 4.90. The molecule has 1 heterocycles. The Hall–Kier alpha value is -2.66. The molecule has 0 aliphatic rings. The van der Waals surface area contributed by atoms with E-state index in [0.717, 1.165) is 22.4 Å². The van der Waals surface area contributed by atoms with Crippen LogP contribution in [0.3, 0.4) is 0 Å². The van der Waals surface area contributed by atoms with Gasteiger partial charge in [-0.25, -0.2) is 8.42 Å². The van der Waals surface area contributed by atoms with Crippen LogP contribution < -0.4 is 4.72 Å². The van der Waals surface area contributed by atoms with Crippen molar-refractivity contribution in [2.45, 2.75) is 57.3 Å². The summed E-state index contributed by atoms with van der Waals surface area (Å²) in [5.41, 5.74) is 4.18. The summed E-state index contributed by atoms with van der Waals surface area (Å²) in [6.45, 7) is 12.9. The highest BCUT2D eigenvalue weighted by Crippen LogP contribution is 2.35. The minimum Gasteiger partial charge on any atom is -0.279 e. The third-order valence-electron chi connectivity index (χ3n) is 5.09. The Bertz CT molecular complexity index is 1140. The van der Waals surface area contributed by atoms with Gasteiger partial charge in [0.15, 0.2) is 0 Å². The molecule has 0 unspecified atom stereocenters. The fourth-order valence-corrected chi connectivity index (χ4v) is 4.26. The summed E-state index contributed by atoms with van der Waals surface area (Å²) >= 11 is 0. The summed E-state index contributed by atoms with van der Waals surface area (Å²) < 4.78 is 28.7. The standard InChI is InChI=1S/C25H30N2O2S/c1-24(2,3)18-12-13-22(27-30(28,29)20-10-8-7-9-11-20)21(16-18)23-17-19(14-15-26-23)25(4,5)6/h7-17,27H,1-6H3. The van der Waals surface area contributed by atoms with Gasteiger partial charge < -0.3 is 0 Å². The number of pyridine rings is 1. The van der Waals surface area contributed by atoms with Crippen molar-refractivity contribution in [3.63, 3.8) is 0 Å². The van der Waals surface area contributed by atoms with E-state index in [2.05, 4.69) is 51.2 Å². The average molecular weight is 423 g/mol. The van der Waals surface area contributed by atoms with Crippen LogP contribution in [0.15, 0.2) is 71.8 Å². The predicted molar refractivity (Wildman–Crippen MR) is 124 cm³/mol. The van der Waals surface area contributed by atoms with Crippen molar-refractivity contribution in [1.82, 2.24) is 4.98 Å². The lowest BCUT2D eigenvalue weighted by atomic mass is 9.84. The second-order valence-corrected chi connectivity index (χ2v) is 11.3. The summed E-state index contributed by atoms with van der Waals surface area (Å²) in [5, 5.41) is 0. The van der Waals surface area contributed by atoms with E-state index in [9.17, 15) is 8.42 Å². The highest BCUT2D eigenvalue weighted by Gasteiger charge is 2.22. The maximum absolute atomic E-state index is 13.0. The number of benzene rings is 2. The van der Waals surface area contributed by atoms with Gasteiger partial charge in [-0.3, -0.25) is 9.71 Å². The number of aromatic nitrogens is 1. The van der Waals surface area contributed by atoms with E-state index in [1.54, 1.807) is 36.5 Å². The first-order chi connectivity index (χ1) is 13.9. The molecular weight excluding hydrogens is 392 g/mol. The Morgan fingerprint density at radius 2 is 1.37 bits per heavy atom. The summed E-state index contributed by atoms with van der Waals surface area (Å²) in [6.07, 6.45) is 1.79. The first kappa shape index (κ1) is 22.0. The monoisotopic (exact) mass is 422 g/mol. The number of nitrogens with one attached hydrogen (secondary N) is 1. The Morgan fingerprint density at radius 1 is 0.767 bits per heavy atom. The molecule has 1 aromatic heterocycles. The average Bonchev–Trinajstić information content (AvgIpc) is 2.67. The smallest absolute Gasteiger partial charge is 0.261 e. The normalized spacial score (nSPS) is 12.6. The molecule has 3 aromatic rings. The first-order valence-corrected chi connectivity index (χ1v) is 11.6. The van der Waals surface area contributed by atoms with E-state index in [0.29, 0.717) is 5.69 Å². The van der Waals surface area contributed by atoms with E-state index in [4.69, 9.17) is 0 Å². The summed E-state index contributed by atoms with van der Waals surface area (Å²) in [5.74, 6) is 0. The highest BCUT2D eigenvalue weighted by atomic mass is 32.2. The van der Waals surface area contributed by atoms with Crippen LogP contribution in [0, 0.1) is 0 Å². The number of hydrogen-bond donors (Lipinski definition) is 1. The topological polar surface area (TPSA) is 59.1 Å². The fourth-order valence-electron chi connectivity index (χ4n) is 3.16. The SMILES string of the molecule is CC(C)(C)c1ccnc(-c2cc(C(C)(C)C)ccc2NS(=O)(=O)c2ccccc2)c1. The van der Waals surface area contributed by atoms with E-state index >= 15 is 0 Å². The molecule has 30 heavy (non-hydrogen) atoms. The zero-order chi connectivity index (χ0) is 22.2. The lowest BCUT2D eigenvalue weighted by Crippen LogP contribution is -2.16. The van der Waals surface area contributed by atoms with Crippen molar-refractivity contribution in [1.29, 1.82) is 0 Å². The summed E-state index contributed by atoms with van der Waals surface area (Å²) in [6, 6.07) is 18.3. The third-order valence-corrected chi connectivity index (χ3v) is 6.47. The molecule has 2 aromatic carbocycles. The molecule has 0 bridgehead atoms. The number of nitrogens with zero attached hydrogens (tertiary/aromatic N) is 1. The maximum Gasteiger partial charge on any atom is 0.261 e. The van der Waals surface area contributed by atoms with Crippen LogP contribution in [0.4, 0.5) is 5.69 Å². The van der Waals surface area contributed by atoms with Crippen LogP contribution >= 0.6 is 0 Å². The molecule has 158 valence electrons. The quantitative estimate of drug-likeness (QED) is 0.549. The zero-order valence-corrected chi connectivity index (χ0v) is 19.3. The molecule has 5 heteroatoms. The number of rotatable bonds is 4. The van der Waals surface area contributed by atoms with Gasteiger partial charge in [0.25, 0.3) is 10.0 Å². The van der Waals surface area contributed by atoms with Crippen molar-refractivity contribution < 1.29 is 8.42 Å². The van der Waals surface area contributed by atoms with Crippen molar-refractivity contribution in [2.75, 3.05) is 4.72 Å². The van der Waals surface area contributed by atoms with Crippen LogP contribution in [-0.2, 0) is 20.9 Å². The number of anilines is 1. The van der Waals surface area contributed by atoms with Crippen LogP contribution in [0.5, 0.6) is 0 Å². The molecule has 4 nitrogen and oxygen atoms in total. The van der Waals surface area contributed by atoms with E-state index in [1.807, 2.05) is 30.3 Å². The summed E-state index contributed by atoms with van der Waals surface area (Å²) in [4.78, 5) is 4.80. The lowest BCUT2D eigenvalue weighted by molar-refractivity contribution is 0.588. The Balaban J connectivity index is 2.15. The van der Waals surface area contributed by atoms with Gasteiger partial charge in [0.05, 0.1) is 16.3 Å². The lowest BCUT2D eigenvalue weighted by Gasteiger charge is -2.23. The van der Waals surface area contributed by atoms with Crippen LogP contribution in [0.1, 0.15) is 52.7 Å². The van der Waals surface area contributed by atoms with Crippen LogP contribution in [0.2, 0.25) is 0 Å². The molecule has 0 spiro atoms. The van der Waals surface area contributed by atoms with Crippen LogP contribution in [-0.4, -0.2) is 13.4 Å². The summed E-state index contributed by atoms with van der Waals surface area (Å²) in [7, 11) is -3.71. The van der Waals surface area contributed by atoms with Crippen molar-refractivity contribution in [3.8, 4) is 11.3 Å². The zero-order valence-electron chi connectivity index (χ0n) is 18.5. The van der Waals surface area contributed by atoms with Crippen molar-refractivity contribution >= 4 is 15.7 Å². The largest absolute Gasteiger partial charge is 0.279 e. The Labute approximate surface area is 180 Å². The predicted octanol–water partition coefficient (Wildman–Crippen LogP) is 6.14. The highest BCUT2D eigenvalue weighted by molar-refractivity contribution is 7.92. The van der Waals surface area contributed by atoms with Gasteiger partial charge in [-0.05, 0) is 58.4 Å². The molecule has 0 saturated heterocycles. The second-order valence-electron chi connectivity index (χ2n) is 9.61. The van der Waals surface area contributed by atoms with Crippen molar-refractivity contribution in [2.24, 2.45) is 0 Å². The number of hydrogen-bond acceptors (Lipinski definition) is 3. The molecule has 0 radical (unpaired) electrons. The van der Waals surface area contributed by atoms with Gasteiger partial charge >= 0.3 is 0 Å². The van der Waals surface area contributed by atoms with Crippen LogP contribution in [0.25, 0.3) is 11.3 Å². The molecule has 0 aliphatic carbocycles. The fraction of sp³-hybridized carbons (Fsp3) is 0.320. The molecule has 0 saturated carbocycles. The molecular formula is C25H30N2O2S. The van der Waals surface area contributed by atoms with Gasteiger partial charge in [-0.2, -0.15) is 0 Å². The van der Waals surface area contributed by atoms with Gasteiger partial charge in [-0.1, -0.05) is 65.8 Å². The second kappa shape index (κ2) is 7.88. The van der Waals surface area contributed by atoms with Gasteiger partial charge in [-0.15, -0.1) is 0 Å². The Morgan fingerprint density at radius 3 is 1.97 bits per heavy atom. The molecule has 1 N–H and O–H groups in total. The van der Waals surface area contributed by atoms with Crippen molar-refractivity contribution in [3.05, 3.63) is 78.0 Å². The van der Waals surface area contributed by atoms with Gasteiger partial charge in [0, 0.05) is 11.8 Å². The van der Waals surface area contributed by atoms with Gasteiger partial charge in [0.1, 0.15) is 0 Å². The van der Waals surface area contributed by atoms with E-state index < -0.39 is 10.0 Å². The van der Waals surface area contributed by atoms with E-state index in [-0.39, 0.29) is 15.7 Å². The number of sulfonamides is 1. The first-order valence-electron chi connectivity index (χ1n) is 10.1. The molecule has 0 atom stereocenters. The van der Waals surface area contributed by atoms with Gasteiger partial charge in [0.2, 0.25) is 0 Å². The van der Waals surface area contributed by atoms with E-state index in [1.165, 1.54) is 0 Å². The Kier molecular flexibility index (Phi) is 5.79. The molecule has 3 rings (SSSR count). The maximum atomic E-state index is 13.0. The minimum atomic E-state index is -3.71. The minimum absolute atomic E-state index is 0.0387. The molecule has 0 fully saturated rings. The molecule has 0 aliphatic heterocycles. The molecule has 0 amide bonds.